The highest BCUT2D eigenvalue weighted by molar-refractivity contribution is 6.30. The molecule has 2 aromatic carbocycles. The van der Waals surface area contributed by atoms with Gasteiger partial charge in [0.25, 0.3) is 0 Å². The SMILES string of the molecule is O=C(Nc1ccc(Nc2cccc(Cl)c2)cc1)C1CCOCC1. The molecule has 0 aliphatic carbocycles. The number of hydrogen-bond acceptors (Lipinski definition) is 3. The van der Waals surface area contributed by atoms with Crippen molar-refractivity contribution in [3.63, 3.8) is 0 Å². The van der Waals surface area contributed by atoms with E-state index in [-0.39, 0.29) is 11.8 Å². The quantitative estimate of drug-likeness (QED) is 0.870. The molecule has 1 saturated heterocycles. The van der Waals surface area contributed by atoms with E-state index in [1.807, 2.05) is 48.5 Å². The van der Waals surface area contributed by atoms with Crippen LogP contribution in [0, 0.1) is 5.92 Å². The van der Waals surface area contributed by atoms with Gasteiger partial charge in [-0.05, 0) is 55.3 Å². The summed E-state index contributed by atoms with van der Waals surface area (Å²) in [5.74, 6) is 0.122. The lowest BCUT2D eigenvalue weighted by Crippen LogP contribution is -2.28. The molecular weight excluding hydrogens is 312 g/mol. The van der Waals surface area contributed by atoms with Crippen LogP contribution in [0.2, 0.25) is 5.02 Å². The lowest BCUT2D eigenvalue weighted by Gasteiger charge is -2.21. The Hall–Kier alpha value is -2.04. The predicted molar refractivity (Wildman–Crippen MR) is 93.3 cm³/mol. The lowest BCUT2D eigenvalue weighted by atomic mass is 9.99. The largest absolute Gasteiger partial charge is 0.381 e. The van der Waals surface area contributed by atoms with Crippen LogP contribution in [0.4, 0.5) is 17.1 Å². The summed E-state index contributed by atoms with van der Waals surface area (Å²) in [6.07, 6.45) is 1.58. The van der Waals surface area contributed by atoms with E-state index in [9.17, 15) is 4.79 Å². The molecule has 0 spiro atoms. The first kappa shape index (κ1) is 15.8. The van der Waals surface area contributed by atoms with Crippen LogP contribution in [0.15, 0.2) is 48.5 Å². The van der Waals surface area contributed by atoms with Crippen molar-refractivity contribution in [3.8, 4) is 0 Å². The number of rotatable bonds is 4. The number of anilines is 3. The zero-order chi connectivity index (χ0) is 16.1. The van der Waals surface area contributed by atoms with Crippen molar-refractivity contribution in [1.82, 2.24) is 0 Å². The van der Waals surface area contributed by atoms with Crippen molar-refractivity contribution in [2.24, 2.45) is 5.92 Å². The highest BCUT2D eigenvalue weighted by Gasteiger charge is 2.21. The highest BCUT2D eigenvalue weighted by Crippen LogP contribution is 2.22. The summed E-state index contributed by atoms with van der Waals surface area (Å²) in [5, 5.41) is 6.93. The summed E-state index contributed by atoms with van der Waals surface area (Å²) in [6, 6.07) is 15.2. The van der Waals surface area contributed by atoms with Gasteiger partial charge in [-0.3, -0.25) is 4.79 Å². The Labute approximate surface area is 140 Å². The third kappa shape index (κ3) is 4.47. The van der Waals surface area contributed by atoms with Gasteiger partial charge in [-0.15, -0.1) is 0 Å². The Morgan fingerprint density at radius 1 is 1.00 bits per heavy atom. The van der Waals surface area contributed by atoms with Crippen molar-refractivity contribution in [3.05, 3.63) is 53.6 Å². The Kier molecular flexibility index (Phi) is 5.16. The highest BCUT2D eigenvalue weighted by atomic mass is 35.5. The molecule has 23 heavy (non-hydrogen) atoms. The third-order valence-corrected chi connectivity index (χ3v) is 4.09. The van der Waals surface area contributed by atoms with E-state index >= 15 is 0 Å². The summed E-state index contributed by atoms with van der Waals surface area (Å²) in [5.41, 5.74) is 2.67. The number of carbonyl (C=O) groups is 1. The van der Waals surface area contributed by atoms with Crippen LogP contribution in [0.25, 0.3) is 0 Å². The molecule has 2 aromatic rings. The second kappa shape index (κ2) is 7.49. The standard InChI is InChI=1S/C18H19ClN2O2/c19-14-2-1-3-17(12-14)20-15-4-6-16(7-5-15)21-18(22)13-8-10-23-11-9-13/h1-7,12-13,20H,8-11H2,(H,21,22). The van der Waals surface area contributed by atoms with E-state index in [0.717, 1.165) is 29.9 Å². The van der Waals surface area contributed by atoms with Gasteiger partial charge in [0, 0.05) is 41.2 Å². The zero-order valence-corrected chi connectivity index (χ0v) is 13.5. The number of halogens is 1. The minimum absolute atomic E-state index is 0.0491. The van der Waals surface area contributed by atoms with Gasteiger partial charge in [-0.1, -0.05) is 17.7 Å². The van der Waals surface area contributed by atoms with E-state index in [1.54, 1.807) is 0 Å². The van der Waals surface area contributed by atoms with E-state index in [0.29, 0.717) is 18.2 Å². The Balaban J connectivity index is 1.59. The molecule has 1 aliphatic rings. The molecule has 0 aromatic heterocycles. The smallest absolute Gasteiger partial charge is 0.227 e. The summed E-state index contributed by atoms with van der Waals surface area (Å²) in [4.78, 5) is 12.2. The van der Waals surface area contributed by atoms with Crippen LogP contribution >= 0.6 is 11.6 Å². The van der Waals surface area contributed by atoms with Crippen molar-refractivity contribution < 1.29 is 9.53 Å². The van der Waals surface area contributed by atoms with E-state index in [2.05, 4.69) is 10.6 Å². The van der Waals surface area contributed by atoms with Crippen LogP contribution in [0.3, 0.4) is 0 Å². The summed E-state index contributed by atoms with van der Waals surface area (Å²) >= 11 is 5.97. The van der Waals surface area contributed by atoms with Gasteiger partial charge in [-0.25, -0.2) is 0 Å². The van der Waals surface area contributed by atoms with Crippen LogP contribution in [-0.4, -0.2) is 19.1 Å². The zero-order valence-electron chi connectivity index (χ0n) is 12.7. The maximum atomic E-state index is 12.2. The molecule has 0 saturated carbocycles. The van der Waals surface area contributed by atoms with Gasteiger partial charge in [0.15, 0.2) is 0 Å². The molecule has 2 N–H and O–H groups in total. The molecule has 3 rings (SSSR count). The maximum absolute atomic E-state index is 12.2. The average molecular weight is 331 g/mol. The Bertz CT molecular complexity index is 667. The monoisotopic (exact) mass is 330 g/mol. The molecular formula is C18H19ClN2O2. The van der Waals surface area contributed by atoms with Crippen LogP contribution in [0.5, 0.6) is 0 Å². The van der Waals surface area contributed by atoms with Gasteiger partial charge in [-0.2, -0.15) is 0 Å². The van der Waals surface area contributed by atoms with Crippen LogP contribution < -0.4 is 10.6 Å². The topological polar surface area (TPSA) is 50.4 Å². The number of benzene rings is 2. The predicted octanol–water partition coefficient (Wildman–Crippen LogP) is 4.45. The second-order valence-corrected chi connectivity index (χ2v) is 6.03. The van der Waals surface area contributed by atoms with Crippen LogP contribution in [0.1, 0.15) is 12.8 Å². The van der Waals surface area contributed by atoms with Gasteiger partial charge in [0.1, 0.15) is 0 Å². The summed E-state index contributed by atoms with van der Waals surface area (Å²) < 4.78 is 5.28. The number of ether oxygens (including phenoxy) is 1. The first-order valence-corrected chi connectivity index (χ1v) is 8.10. The fourth-order valence-corrected chi connectivity index (χ4v) is 2.76. The number of nitrogens with one attached hydrogen (secondary N) is 2. The van der Waals surface area contributed by atoms with Crippen LogP contribution in [-0.2, 0) is 9.53 Å². The van der Waals surface area contributed by atoms with Gasteiger partial charge < -0.3 is 15.4 Å². The molecule has 1 heterocycles. The molecule has 120 valence electrons. The molecule has 1 amide bonds. The first-order valence-electron chi connectivity index (χ1n) is 7.72. The van der Waals surface area contributed by atoms with Gasteiger partial charge >= 0.3 is 0 Å². The molecule has 4 nitrogen and oxygen atoms in total. The fourth-order valence-electron chi connectivity index (χ4n) is 2.57. The molecule has 1 aliphatic heterocycles. The molecule has 1 fully saturated rings. The molecule has 0 bridgehead atoms. The minimum atomic E-state index is 0.0491. The van der Waals surface area contributed by atoms with Gasteiger partial charge in [0.05, 0.1) is 0 Å². The fraction of sp³-hybridized carbons (Fsp3) is 0.278. The second-order valence-electron chi connectivity index (χ2n) is 5.59. The van der Waals surface area contributed by atoms with Crippen molar-refractivity contribution in [2.45, 2.75) is 12.8 Å². The average Bonchev–Trinajstić information content (AvgIpc) is 2.57. The molecule has 5 heteroatoms. The minimum Gasteiger partial charge on any atom is -0.381 e. The number of carbonyl (C=O) groups excluding carboxylic acids is 1. The summed E-state index contributed by atoms with van der Waals surface area (Å²) in [6.45, 7) is 1.33. The lowest BCUT2D eigenvalue weighted by molar-refractivity contribution is -0.122. The number of amides is 1. The summed E-state index contributed by atoms with van der Waals surface area (Å²) in [7, 11) is 0. The van der Waals surface area contributed by atoms with Crippen molar-refractivity contribution in [2.75, 3.05) is 23.8 Å². The molecule has 0 atom stereocenters. The van der Waals surface area contributed by atoms with Crippen molar-refractivity contribution in [1.29, 1.82) is 0 Å². The van der Waals surface area contributed by atoms with E-state index in [4.69, 9.17) is 16.3 Å². The normalized spacial score (nSPS) is 15.2. The van der Waals surface area contributed by atoms with Gasteiger partial charge in [0.2, 0.25) is 5.91 Å². The van der Waals surface area contributed by atoms with Crippen molar-refractivity contribution >= 4 is 34.6 Å². The van der Waals surface area contributed by atoms with E-state index in [1.165, 1.54) is 0 Å². The maximum Gasteiger partial charge on any atom is 0.227 e. The van der Waals surface area contributed by atoms with E-state index < -0.39 is 0 Å². The Morgan fingerprint density at radius 2 is 1.70 bits per heavy atom. The number of hydrogen-bond donors (Lipinski definition) is 2. The molecule has 0 radical (unpaired) electrons. The Morgan fingerprint density at radius 3 is 2.39 bits per heavy atom. The first-order chi connectivity index (χ1) is 11.2. The third-order valence-electron chi connectivity index (χ3n) is 3.86. The molecule has 0 unspecified atom stereocenters.